The van der Waals surface area contributed by atoms with Crippen molar-refractivity contribution in [2.24, 2.45) is 0 Å². The quantitative estimate of drug-likeness (QED) is 0.515. The van der Waals surface area contributed by atoms with Gasteiger partial charge < -0.3 is 9.87 Å². The first-order valence-corrected chi connectivity index (χ1v) is 10.9. The van der Waals surface area contributed by atoms with E-state index in [1.54, 1.807) is 41.0 Å². The van der Waals surface area contributed by atoms with Crippen LogP contribution >= 0.6 is 0 Å². The Kier molecular flexibility index (Phi) is 5.00. The number of nitrogens with zero attached hydrogens (tertiary/aromatic N) is 2. The lowest BCUT2D eigenvalue weighted by Gasteiger charge is -2.11. The summed E-state index contributed by atoms with van der Waals surface area (Å²) in [7, 11) is -3.27. The summed E-state index contributed by atoms with van der Waals surface area (Å²) in [4.78, 5) is 12.9. The molecule has 0 saturated heterocycles. The molecule has 0 saturated carbocycles. The maximum absolute atomic E-state index is 12.7. The van der Waals surface area contributed by atoms with E-state index in [4.69, 9.17) is 0 Å². The topological polar surface area (TPSA) is 86.5 Å². The predicted molar refractivity (Wildman–Crippen MR) is 111 cm³/mol. The van der Waals surface area contributed by atoms with Crippen LogP contribution in [0.5, 0.6) is 0 Å². The normalized spacial score (nSPS) is 13.2. The van der Waals surface area contributed by atoms with E-state index in [0.717, 1.165) is 22.2 Å². The van der Waals surface area contributed by atoms with Gasteiger partial charge in [-0.1, -0.05) is 30.3 Å². The lowest BCUT2D eigenvalue weighted by atomic mass is 10.1. The zero-order chi connectivity index (χ0) is 20.4. The van der Waals surface area contributed by atoms with E-state index >= 15 is 0 Å². The van der Waals surface area contributed by atoms with E-state index in [2.05, 4.69) is 10.4 Å². The number of aromatic nitrogens is 2. The molecule has 0 radical (unpaired) electrons. The van der Waals surface area contributed by atoms with Crippen molar-refractivity contribution in [3.05, 3.63) is 90.3 Å². The molecule has 2 aromatic heterocycles. The van der Waals surface area contributed by atoms with Crippen molar-refractivity contribution in [2.45, 2.75) is 11.4 Å². The molecule has 1 atom stereocenters. The smallest absolute Gasteiger partial charge is 0.272 e. The van der Waals surface area contributed by atoms with Crippen LogP contribution in [0.15, 0.2) is 83.9 Å². The number of hydrogen-bond acceptors (Lipinski definition) is 4. The van der Waals surface area contributed by atoms with Crippen LogP contribution in [-0.4, -0.2) is 26.3 Å². The Morgan fingerprint density at radius 3 is 2.48 bits per heavy atom. The Hall–Kier alpha value is -3.29. The molecule has 0 aliphatic carbocycles. The summed E-state index contributed by atoms with van der Waals surface area (Å²) in [5, 5.41) is 7.28. The third kappa shape index (κ3) is 4.11. The number of fused-ring (bicyclic) bond motifs is 1. The second-order valence-electron chi connectivity index (χ2n) is 6.75. The van der Waals surface area contributed by atoms with Gasteiger partial charge in [0.05, 0.1) is 15.7 Å². The van der Waals surface area contributed by atoms with Gasteiger partial charge in [0, 0.05) is 18.3 Å². The molecule has 4 aromatic rings. The van der Waals surface area contributed by atoms with Gasteiger partial charge in [-0.2, -0.15) is 5.10 Å². The molecule has 7 heteroatoms. The van der Waals surface area contributed by atoms with E-state index in [1.807, 2.05) is 42.5 Å². The van der Waals surface area contributed by atoms with Crippen LogP contribution in [0.4, 0.5) is 0 Å². The molecule has 2 heterocycles. The highest BCUT2D eigenvalue weighted by atomic mass is 32.3. The van der Waals surface area contributed by atoms with Gasteiger partial charge in [-0.15, -0.1) is 4.21 Å². The molecule has 0 bridgehead atoms. The van der Waals surface area contributed by atoms with Gasteiger partial charge in [0.15, 0.2) is 4.90 Å². The lowest BCUT2D eigenvalue weighted by Crippen LogP contribution is -2.24. The minimum absolute atomic E-state index is 0.252. The molecule has 0 aliphatic rings. The van der Waals surface area contributed by atoms with Gasteiger partial charge in [0.25, 0.3) is 5.91 Å². The van der Waals surface area contributed by atoms with Gasteiger partial charge >= 0.3 is 0 Å². The molecule has 1 amide bonds. The van der Waals surface area contributed by atoms with Crippen molar-refractivity contribution in [3.8, 4) is 11.1 Å². The van der Waals surface area contributed by atoms with Crippen molar-refractivity contribution in [1.82, 2.24) is 14.9 Å². The highest BCUT2D eigenvalue weighted by Gasteiger charge is 2.16. The number of carbonyl (C=O) groups excluding carboxylic acids is 1. The first-order valence-electron chi connectivity index (χ1n) is 9.03. The number of sulfone groups is 1. The van der Waals surface area contributed by atoms with Crippen molar-refractivity contribution in [2.75, 3.05) is 6.26 Å². The fraction of sp³-hybridized carbons (Fsp3) is 0.0909. The molecule has 29 heavy (non-hydrogen) atoms. The Labute approximate surface area is 169 Å². The van der Waals surface area contributed by atoms with Gasteiger partial charge in [-0.05, 0) is 53.6 Å². The van der Waals surface area contributed by atoms with Gasteiger partial charge in [-0.3, -0.25) is 4.79 Å². The molecule has 0 aliphatic heterocycles. The van der Waals surface area contributed by atoms with Crippen LogP contribution in [-0.2, 0) is 21.0 Å². The molecule has 0 fully saturated rings. The van der Waals surface area contributed by atoms with Crippen molar-refractivity contribution in [1.29, 1.82) is 0 Å². The standard InChI is InChI=1S/C22H19N3O3S/c1-29(27,28)18-11-9-17(10-12-18)19-14-20(24-25-13-5-8-21(19)25)22(26)23-15-16-6-3-2-4-7-16/h2-14H,15H2,1H3,(H-,23,26,27,28). The Morgan fingerprint density at radius 1 is 1.07 bits per heavy atom. The first kappa shape index (κ1) is 19.0. The largest absolute Gasteiger partial charge is 0.610 e. The molecule has 6 nitrogen and oxygen atoms in total. The van der Waals surface area contributed by atoms with E-state index < -0.39 is 10.2 Å². The molecular formula is C22H19N3O3S. The number of amides is 1. The Morgan fingerprint density at radius 2 is 1.79 bits per heavy atom. The Balaban J connectivity index is 1.67. The molecule has 2 aromatic carbocycles. The maximum atomic E-state index is 12.7. The maximum Gasteiger partial charge on any atom is 0.272 e. The summed E-state index contributed by atoms with van der Waals surface area (Å²) in [5.41, 5.74) is 3.72. The monoisotopic (exact) mass is 405 g/mol. The zero-order valence-electron chi connectivity index (χ0n) is 15.7. The molecular weight excluding hydrogens is 386 g/mol. The SMILES string of the molecule is C[S+](=O)([O-])c1ccc(-c2cc(C(=O)NCc3ccccc3)nn3cccc23)cc1. The number of rotatable bonds is 5. The van der Waals surface area contributed by atoms with Crippen molar-refractivity contribution in [3.63, 3.8) is 0 Å². The van der Waals surface area contributed by atoms with Crippen LogP contribution in [0.25, 0.3) is 16.6 Å². The van der Waals surface area contributed by atoms with Gasteiger partial charge in [0.2, 0.25) is 0 Å². The third-order valence-electron chi connectivity index (χ3n) is 4.62. The van der Waals surface area contributed by atoms with Crippen LogP contribution in [0.1, 0.15) is 16.1 Å². The second-order valence-corrected chi connectivity index (χ2v) is 8.76. The summed E-state index contributed by atoms with van der Waals surface area (Å²) in [6, 6.07) is 21.7. The fourth-order valence-electron chi connectivity index (χ4n) is 3.12. The molecule has 146 valence electrons. The van der Waals surface area contributed by atoms with Gasteiger partial charge in [-0.25, -0.2) is 4.52 Å². The van der Waals surface area contributed by atoms with Crippen molar-refractivity contribution < 1.29 is 13.6 Å². The summed E-state index contributed by atoms with van der Waals surface area (Å²) >= 11 is 0. The van der Waals surface area contributed by atoms with E-state index in [0.29, 0.717) is 6.54 Å². The lowest BCUT2D eigenvalue weighted by molar-refractivity contribution is 0.0944. The molecule has 0 spiro atoms. The highest BCUT2D eigenvalue weighted by Crippen LogP contribution is 2.27. The molecule has 4 rings (SSSR count). The van der Waals surface area contributed by atoms with Gasteiger partial charge in [0.1, 0.15) is 11.9 Å². The van der Waals surface area contributed by atoms with E-state index in [9.17, 15) is 13.6 Å². The van der Waals surface area contributed by atoms with Crippen molar-refractivity contribution >= 4 is 21.6 Å². The number of hydrogen-bond donors (Lipinski definition) is 1. The number of carbonyl (C=O) groups is 1. The number of nitrogens with one attached hydrogen (secondary N) is 1. The molecule has 1 unspecified atom stereocenters. The predicted octanol–water partition coefficient (Wildman–Crippen LogP) is 3.55. The van der Waals surface area contributed by atoms with Crippen LogP contribution in [0.2, 0.25) is 0 Å². The minimum Gasteiger partial charge on any atom is -0.610 e. The van der Waals surface area contributed by atoms with E-state index in [-0.39, 0.29) is 16.5 Å². The highest BCUT2D eigenvalue weighted by molar-refractivity contribution is 7.97. The summed E-state index contributed by atoms with van der Waals surface area (Å²) in [5.74, 6) is -0.279. The second kappa shape index (κ2) is 7.62. The molecule has 1 N–H and O–H groups in total. The fourth-order valence-corrected chi connectivity index (χ4v) is 3.75. The van der Waals surface area contributed by atoms with Crippen LogP contribution in [0.3, 0.4) is 0 Å². The summed E-state index contributed by atoms with van der Waals surface area (Å²) in [6.07, 6.45) is 2.95. The number of benzene rings is 2. The average molecular weight is 405 g/mol. The Bertz CT molecular complexity index is 1210. The zero-order valence-corrected chi connectivity index (χ0v) is 16.6. The van der Waals surface area contributed by atoms with E-state index in [1.165, 1.54) is 6.26 Å². The summed E-state index contributed by atoms with van der Waals surface area (Å²) < 4.78 is 25.1. The first-order chi connectivity index (χ1) is 13.9. The average Bonchev–Trinajstić information content (AvgIpc) is 3.20. The minimum atomic E-state index is -3.27. The van der Waals surface area contributed by atoms with Crippen LogP contribution < -0.4 is 5.32 Å². The summed E-state index contributed by atoms with van der Waals surface area (Å²) in [6.45, 7) is 0.406. The third-order valence-corrected chi connectivity index (χ3v) is 5.75. The van der Waals surface area contributed by atoms with Crippen LogP contribution in [0, 0.1) is 0 Å².